The molecule has 0 bridgehead atoms. The summed E-state index contributed by atoms with van der Waals surface area (Å²) in [7, 11) is -6.00. The third-order valence-electron chi connectivity index (χ3n) is 1.53. The maximum atomic E-state index is 12.5. The number of hydrogen-bond acceptors (Lipinski definition) is 5. The molecule has 0 aromatic rings. The van der Waals surface area contributed by atoms with E-state index < -0.39 is 21.3 Å². The third kappa shape index (κ3) is 4.08. The number of alkyl halides is 2. The molecule has 0 aliphatic carbocycles. The number of carbonyl (C=O) groups is 1. The highest BCUT2D eigenvalue weighted by Gasteiger charge is 2.48. The molecular formula is C7H11F2O5S-. The van der Waals surface area contributed by atoms with Crippen LogP contribution in [0.2, 0.25) is 0 Å². The van der Waals surface area contributed by atoms with Gasteiger partial charge in [0.05, 0.1) is 6.61 Å². The van der Waals surface area contributed by atoms with Gasteiger partial charge >= 0.3 is 11.2 Å². The van der Waals surface area contributed by atoms with Gasteiger partial charge in [-0.15, -0.1) is 0 Å². The summed E-state index contributed by atoms with van der Waals surface area (Å²) in [6, 6.07) is 0. The largest absolute Gasteiger partial charge is 0.743 e. The van der Waals surface area contributed by atoms with Crippen LogP contribution in [0.5, 0.6) is 0 Å². The summed E-state index contributed by atoms with van der Waals surface area (Å²) in [4.78, 5) is 10.5. The molecule has 0 saturated heterocycles. The van der Waals surface area contributed by atoms with E-state index >= 15 is 0 Å². The smallest absolute Gasteiger partial charge is 0.428 e. The van der Waals surface area contributed by atoms with Crippen molar-refractivity contribution in [1.29, 1.82) is 0 Å². The lowest BCUT2D eigenvalue weighted by Gasteiger charge is -2.17. The van der Waals surface area contributed by atoms with Crippen LogP contribution < -0.4 is 0 Å². The lowest BCUT2D eigenvalue weighted by atomic mass is 10.3. The van der Waals surface area contributed by atoms with Crippen molar-refractivity contribution in [1.82, 2.24) is 0 Å². The summed E-state index contributed by atoms with van der Waals surface area (Å²) in [5.74, 6) is -2.31. The van der Waals surface area contributed by atoms with Gasteiger partial charge in [-0.25, -0.2) is 13.2 Å². The first-order valence-electron chi connectivity index (χ1n) is 4.24. The summed E-state index contributed by atoms with van der Waals surface area (Å²) >= 11 is 0. The molecule has 0 rings (SSSR count). The van der Waals surface area contributed by atoms with Gasteiger partial charge in [0.25, 0.3) is 0 Å². The molecule has 8 heteroatoms. The van der Waals surface area contributed by atoms with Gasteiger partial charge in [0.15, 0.2) is 10.1 Å². The van der Waals surface area contributed by atoms with Gasteiger partial charge in [0.2, 0.25) is 0 Å². The van der Waals surface area contributed by atoms with E-state index in [1.54, 1.807) is 0 Å². The second-order valence-corrected chi connectivity index (χ2v) is 4.23. The molecule has 0 fully saturated rings. The van der Waals surface area contributed by atoms with Gasteiger partial charge in [-0.05, 0) is 6.42 Å². The quantitative estimate of drug-likeness (QED) is 0.393. The highest BCUT2D eigenvalue weighted by molar-refractivity contribution is 7.87. The van der Waals surface area contributed by atoms with E-state index in [-0.39, 0.29) is 6.61 Å². The molecular weight excluding hydrogens is 234 g/mol. The molecule has 0 aliphatic rings. The van der Waals surface area contributed by atoms with Crippen molar-refractivity contribution in [3.63, 3.8) is 0 Å². The minimum Gasteiger partial charge on any atom is -0.743 e. The summed E-state index contributed by atoms with van der Waals surface area (Å²) in [5.41, 5.74) is 0. The monoisotopic (exact) mass is 245 g/mol. The molecule has 0 N–H and O–H groups in total. The van der Waals surface area contributed by atoms with Crippen LogP contribution in [0.1, 0.15) is 26.2 Å². The fourth-order valence-electron chi connectivity index (χ4n) is 0.703. The van der Waals surface area contributed by atoms with E-state index in [0.717, 1.165) is 6.42 Å². The molecule has 5 nitrogen and oxygen atoms in total. The zero-order valence-corrected chi connectivity index (χ0v) is 8.85. The Morgan fingerprint density at radius 1 is 1.40 bits per heavy atom. The van der Waals surface area contributed by atoms with E-state index in [0.29, 0.717) is 12.8 Å². The van der Waals surface area contributed by atoms with Crippen LogP contribution in [0.15, 0.2) is 0 Å². The molecule has 0 saturated carbocycles. The first-order chi connectivity index (χ1) is 6.73. The maximum absolute atomic E-state index is 12.5. The van der Waals surface area contributed by atoms with Crippen molar-refractivity contribution in [2.24, 2.45) is 0 Å². The molecule has 0 aliphatic heterocycles. The third-order valence-corrected chi connectivity index (χ3v) is 2.33. The molecule has 0 radical (unpaired) electrons. The topological polar surface area (TPSA) is 83.5 Å². The first-order valence-corrected chi connectivity index (χ1v) is 5.64. The molecule has 0 heterocycles. The van der Waals surface area contributed by atoms with Crippen LogP contribution in [0.25, 0.3) is 0 Å². The Bertz CT molecular complexity index is 311. The van der Waals surface area contributed by atoms with Gasteiger partial charge in [-0.1, -0.05) is 19.8 Å². The minimum absolute atomic E-state index is 0.322. The standard InChI is InChI=1S/C7H12F2O5S/c1-2-3-4-5-14-6(10)7(8,9)15(11,12)13/h2-5H2,1H3,(H,11,12,13)/p-1. The van der Waals surface area contributed by atoms with E-state index in [2.05, 4.69) is 4.74 Å². The van der Waals surface area contributed by atoms with Gasteiger partial charge in [0, 0.05) is 0 Å². The number of rotatable bonds is 6. The Morgan fingerprint density at radius 3 is 2.33 bits per heavy atom. The summed E-state index contributed by atoms with van der Waals surface area (Å²) in [5, 5.41) is -5.00. The average Bonchev–Trinajstić information content (AvgIpc) is 2.10. The summed E-state index contributed by atoms with van der Waals surface area (Å²) in [6.45, 7) is 1.52. The van der Waals surface area contributed by atoms with Crippen LogP contribution in [0.3, 0.4) is 0 Å². The molecule has 0 unspecified atom stereocenters. The number of halogens is 2. The zero-order valence-electron chi connectivity index (χ0n) is 8.03. The van der Waals surface area contributed by atoms with Crippen LogP contribution in [0, 0.1) is 0 Å². The zero-order chi connectivity index (χ0) is 12.1. The summed E-state index contributed by atoms with van der Waals surface area (Å²) < 4.78 is 58.8. The number of esters is 1. The van der Waals surface area contributed by atoms with Gasteiger partial charge in [-0.3, -0.25) is 0 Å². The number of carbonyl (C=O) groups excluding carboxylic acids is 1. The Hall–Kier alpha value is -0.760. The predicted octanol–water partition coefficient (Wildman–Crippen LogP) is 0.858. The molecule has 0 spiro atoms. The fraction of sp³-hybridized carbons (Fsp3) is 0.857. The van der Waals surface area contributed by atoms with Crippen molar-refractivity contribution in [3.05, 3.63) is 0 Å². The second-order valence-electron chi connectivity index (χ2n) is 2.81. The number of hydrogen-bond donors (Lipinski definition) is 0. The number of unbranched alkanes of at least 4 members (excludes halogenated alkanes) is 2. The molecule has 15 heavy (non-hydrogen) atoms. The molecule has 0 aromatic heterocycles. The lowest BCUT2D eigenvalue weighted by Crippen LogP contribution is -2.39. The Morgan fingerprint density at radius 2 is 1.93 bits per heavy atom. The molecule has 90 valence electrons. The highest BCUT2D eigenvalue weighted by Crippen LogP contribution is 2.22. The van der Waals surface area contributed by atoms with Crippen molar-refractivity contribution in [3.8, 4) is 0 Å². The molecule has 0 amide bonds. The SMILES string of the molecule is CCCCCOC(=O)C(F)(F)S(=O)(=O)[O-]. The average molecular weight is 245 g/mol. The van der Waals surface area contributed by atoms with Crippen LogP contribution in [-0.4, -0.2) is 30.8 Å². The summed E-state index contributed by atoms with van der Waals surface area (Å²) in [6.07, 6.45) is 1.79. The second kappa shape index (κ2) is 5.36. The minimum atomic E-state index is -6.00. The molecule has 0 atom stereocenters. The van der Waals surface area contributed by atoms with Crippen molar-refractivity contribution < 1.29 is 31.3 Å². The Labute approximate surface area is 86.2 Å². The van der Waals surface area contributed by atoms with E-state index in [9.17, 15) is 26.5 Å². The van der Waals surface area contributed by atoms with Gasteiger partial charge in [-0.2, -0.15) is 8.78 Å². The van der Waals surface area contributed by atoms with E-state index in [1.807, 2.05) is 6.92 Å². The normalized spacial score (nSPS) is 12.5. The van der Waals surface area contributed by atoms with Crippen molar-refractivity contribution in [2.75, 3.05) is 6.61 Å². The number of ether oxygens (including phenoxy) is 1. The molecule has 0 aromatic carbocycles. The predicted molar refractivity (Wildman–Crippen MR) is 45.1 cm³/mol. The van der Waals surface area contributed by atoms with Crippen LogP contribution >= 0.6 is 0 Å². The van der Waals surface area contributed by atoms with Crippen molar-refractivity contribution in [2.45, 2.75) is 31.4 Å². The van der Waals surface area contributed by atoms with Crippen molar-refractivity contribution >= 4 is 16.1 Å². The fourth-order valence-corrected chi connectivity index (χ4v) is 0.966. The lowest BCUT2D eigenvalue weighted by molar-refractivity contribution is -0.161. The van der Waals surface area contributed by atoms with E-state index in [1.165, 1.54) is 0 Å². The Kier molecular flexibility index (Phi) is 5.09. The highest BCUT2D eigenvalue weighted by atomic mass is 32.2. The van der Waals surface area contributed by atoms with Gasteiger partial charge in [0.1, 0.15) is 0 Å². The first kappa shape index (κ1) is 14.2. The van der Waals surface area contributed by atoms with E-state index in [4.69, 9.17) is 0 Å². The van der Waals surface area contributed by atoms with Crippen LogP contribution in [-0.2, 0) is 19.6 Å². The van der Waals surface area contributed by atoms with Crippen LogP contribution in [0.4, 0.5) is 8.78 Å². The van der Waals surface area contributed by atoms with Gasteiger partial charge < -0.3 is 9.29 Å². The maximum Gasteiger partial charge on any atom is 0.428 e. The Balaban J connectivity index is 4.22.